The van der Waals surface area contributed by atoms with Crippen molar-refractivity contribution in [2.75, 3.05) is 58.4 Å². The van der Waals surface area contributed by atoms with Crippen molar-refractivity contribution in [2.45, 2.75) is 12.8 Å². The zero-order valence-electron chi connectivity index (χ0n) is 11.5. The van der Waals surface area contributed by atoms with Crippen molar-refractivity contribution >= 4 is 9.84 Å². The summed E-state index contributed by atoms with van der Waals surface area (Å²) in [4.78, 5) is 2.43. The minimum absolute atomic E-state index is 0.225. The van der Waals surface area contributed by atoms with E-state index in [1.54, 1.807) is 7.11 Å². The molecule has 1 N–H and O–H groups in total. The van der Waals surface area contributed by atoms with Crippen LogP contribution in [0.25, 0.3) is 0 Å². The van der Waals surface area contributed by atoms with E-state index in [1.165, 1.54) is 19.1 Å². The SMILES string of the molecule is COCC1CCN(CCNCCS(C)(=O)=O)CC1. The molecular formula is C12H26N2O3S. The van der Waals surface area contributed by atoms with Gasteiger partial charge in [-0.1, -0.05) is 0 Å². The zero-order chi connectivity index (χ0) is 13.4. The van der Waals surface area contributed by atoms with Gasteiger partial charge in [-0.2, -0.15) is 0 Å². The number of methoxy groups -OCH3 is 1. The monoisotopic (exact) mass is 278 g/mol. The largest absolute Gasteiger partial charge is 0.384 e. The molecule has 0 radical (unpaired) electrons. The number of nitrogens with zero attached hydrogens (tertiary/aromatic N) is 1. The molecule has 0 amide bonds. The van der Waals surface area contributed by atoms with Crippen LogP contribution in [0.1, 0.15) is 12.8 Å². The third kappa shape index (κ3) is 7.31. The summed E-state index contributed by atoms with van der Waals surface area (Å²) in [7, 11) is -1.07. The van der Waals surface area contributed by atoms with Crippen LogP contribution in [0.15, 0.2) is 0 Å². The number of rotatable bonds is 8. The predicted molar refractivity (Wildman–Crippen MR) is 73.6 cm³/mol. The van der Waals surface area contributed by atoms with Crippen LogP contribution in [-0.2, 0) is 14.6 Å². The van der Waals surface area contributed by atoms with Gasteiger partial charge in [0.15, 0.2) is 0 Å². The van der Waals surface area contributed by atoms with Crippen molar-refractivity contribution in [2.24, 2.45) is 5.92 Å². The molecule has 1 aliphatic heterocycles. The van der Waals surface area contributed by atoms with Crippen molar-refractivity contribution in [1.82, 2.24) is 10.2 Å². The summed E-state index contributed by atoms with van der Waals surface area (Å²) in [6, 6.07) is 0. The maximum Gasteiger partial charge on any atom is 0.148 e. The molecule has 0 unspecified atom stereocenters. The third-order valence-electron chi connectivity index (χ3n) is 3.36. The van der Waals surface area contributed by atoms with Gasteiger partial charge in [0.1, 0.15) is 9.84 Å². The quantitative estimate of drug-likeness (QED) is 0.632. The van der Waals surface area contributed by atoms with Crippen molar-refractivity contribution in [1.29, 1.82) is 0 Å². The van der Waals surface area contributed by atoms with Crippen molar-refractivity contribution in [3.63, 3.8) is 0 Å². The van der Waals surface area contributed by atoms with E-state index in [2.05, 4.69) is 10.2 Å². The highest BCUT2D eigenvalue weighted by Crippen LogP contribution is 2.16. The Morgan fingerprint density at radius 3 is 2.50 bits per heavy atom. The highest BCUT2D eigenvalue weighted by Gasteiger charge is 2.18. The van der Waals surface area contributed by atoms with Crippen LogP contribution in [0.4, 0.5) is 0 Å². The Morgan fingerprint density at radius 1 is 1.28 bits per heavy atom. The van der Waals surface area contributed by atoms with Crippen LogP contribution in [0.5, 0.6) is 0 Å². The topological polar surface area (TPSA) is 58.6 Å². The summed E-state index contributed by atoms with van der Waals surface area (Å²) in [6.45, 7) is 5.55. The highest BCUT2D eigenvalue weighted by atomic mass is 32.2. The Bertz CT molecular complexity index is 311. The lowest BCUT2D eigenvalue weighted by Gasteiger charge is -2.31. The first kappa shape index (κ1) is 15.9. The second kappa shape index (κ2) is 8.09. The number of likely N-dealkylation sites (tertiary alicyclic amines) is 1. The molecule has 0 aliphatic carbocycles. The molecular weight excluding hydrogens is 252 g/mol. The van der Waals surface area contributed by atoms with E-state index in [0.29, 0.717) is 12.5 Å². The summed E-state index contributed by atoms with van der Waals surface area (Å²) in [5.41, 5.74) is 0. The van der Waals surface area contributed by atoms with Gasteiger partial charge in [-0.05, 0) is 31.8 Å². The maximum absolute atomic E-state index is 10.9. The van der Waals surface area contributed by atoms with E-state index < -0.39 is 9.84 Å². The van der Waals surface area contributed by atoms with E-state index >= 15 is 0 Å². The first-order valence-corrected chi connectivity index (χ1v) is 8.67. The van der Waals surface area contributed by atoms with Crippen molar-refractivity contribution in [3.8, 4) is 0 Å². The van der Waals surface area contributed by atoms with Crippen molar-refractivity contribution < 1.29 is 13.2 Å². The fourth-order valence-corrected chi connectivity index (χ4v) is 2.75. The van der Waals surface area contributed by atoms with E-state index in [0.717, 1.165) is 32.8 Å². The summed E-state index contributed by atoms with van der Waals surface area (Å²) in [5.74, 6) is 0.938. The summed E-state index contributed by atoms with van der Waals surface area (Å²) < 4.78 is 27.0. The Kier molecular flexibility index (Phi) is 7.14. The molecule has 1 heterocycles. The molecule has 1 aliphatic rings. The fraction of sp³-hybridized carbons (Fsp3) is 1.00. The van der Waals surface area contributed by atoms with Gasteiger partial charge in [-0.3, -0.25) is 0 Å². The lowest BCUT2D eigenvalue weighted by molar-refractivity contribution is 0.0999. The highest BCUT2D eigenvalue weighted by molar-refractivity contribution is 7.90. The molecule has 108 valence electrons. The van der Waals surface area contributed by atoms with E-state index in [-0.39, 0.29) is 5.75 Å². The van der Waals surface area contributed by atoms with Crippen LogP contribution in [0.3, 0.4) is 0 Å². The van der Waals surface area contributed by atoms with Gasteiger partial charge in [0.05, 0.1) is 5.75 Å². The average molecular weight is 278 g/mol. The van der Waals surface area contributed by atoms with Crippen LogP contribution in [0, 0.1) is 5.92 Å². The number of piperidine rings is 1. The molecule has 0 saturated carbocycles. The van der Waals surface area contributed by atoms with E-state index in [1.807, 2.05) is 0 Å². The Morgan fingerprint density at radius 2 is 1.94 bits per heavy atom. The number of sulfone groups is 1. The fourth-order valence-electron chi connectivity index (χ4n) is 2.23. The number of ether oxygens (including phenoxy) is 1. The Labute approximate surface area is 111 Å². The van der Waals surface area contributed by atoms with E-state index in [4.69, 9.17) is 4.74 Å². The van der Waals surface area contributed by atoms with Gasteiger partial charge in [-0.25, -0.2) is 8.42 Å². The summed E-state index contributed by atoms with van der Waals surface area (Å²) >= 11 is 0. The second-order valence-corrected chi connectivity index (χ2v) is 7.38. The number of hydrogen-bond donors (Lipinski definition) is 1. The summed E-state index contributed by atoms with van der Waals surface area (Å²) in [5, 5.41) is 3.18. The minimum Gasteiger partial charge on any atom is -0.384 e. The summed E-state index contributed by atoms with van der Waals surface area (Å²) in [6.07, 6.45) is 3.68. The normalized spacial score (nSPS) is 19.2. The van der Waals surface area contributed by atoms with Gasteiger partial charge < -0.3 is 15.0 Å². The molecule has 0 atom stereocenters. The zero-order valence-corrected chi connectivity index (χ0v) is 12.3. The molecule has 1 fully saturated rings. The first-order valence-electron chi connectivity index (χ1n) is 6.61. The number of hydrogen-bond acceptors (Lipinski definition) is 5. The molecule has 0 aromatic heterocycles. The molecule has 5 nitrogen and oxygen atoms in total. The molecule has 0 spiro atoms. The van der Waals surface area contributed by atoms with Crippen LogP contribution in [0.2, 0.25) is 0 Å². The molecule has 0 aromatic rings. The minimum atomic E-state index is -2.83. The molecule has 1 rings (SSSR count). The lowest BCUT2D eigenvalue weighted by atomic mass is 9.98. The Balaban J connectivity index is 2.01. The average Bonchev–Trinajstić information content (AvgIpc) is 2.30. The standard InChI is InChI=1S/C12H26N2O3S/c1-17-11-12-3-7-14(8-4-12)9-5-13-6-10-18(2,15)16/h12-13H,3-11H2,1-2H3. The molecule has 0 bridgehead atoms. The number of nitrogens with one attached hydrogen (secondary N) is 1. The van der Waals surface area contributed by atoms with Gasteiger partial charge in [0, 0.05) is 39.6 Å². The van der Waals surface area contributed by atoms with Gasteiger partial charge in [-0.15, -0.1) is 0 Å². The third-order valence-corrected chi connectivity index (χ3v) is 4.31. The Hall–Kier alpha value is -0.170. The maximum atomic E-state index is 10.9. The van der Waals surface area contributed by atoms with Crippen molar-refractivity contribution in [3.05, 3.63) is 0 Å². The second-order valence-electron chi connectivity index (χ2n) is 5.12. The van der Waals surface area contributed by atoms with Gasteiger partial charge >= 0.3 is 0 Å². The lowest BCUT2D eigenvalue weighted by Crippen LogP contribution is -2.39. The first-order chi connectivity index (χ1) is 8.51. The van der Waals surface area contributed by atoms with Crippen LogP contribution < -0.4 is 5.32 Å². The van der Waals surface area contributed by atoms with Crippen LogP contribution >= 0.6 is 0 Å². The molecule has 18 heavy (non-hydrogen) atoms. The van der Waals surface area contributed by atoms with Gasteiger partial charge in [0.25, 0.3) is 0 Å². The molecule has 0 aromatic carbocycles. The van der Waals surface area contributed by atoms with E-state index in [9.17, 15) is 8.42 Å². The molecule has 1 saturated heterocycles. The van der Waals surface area contributed by atoms with Gasteiger partial charge in [0.2, 0.25) is 0 Å². The molecule has 6 heteroatoms. The predicted octanol–water partition coefficient (Wildman–Crippen LogP) is -0.0210. The van der Waals surface area contributed by atoms with Crippen LogP contribution in [-0.4, -0.2) is 71.8 Å². The smallest absolute Gasteiger partial charge is 0.148 e.